The smallest absolute Gasteiger partial charge is 0.338 e. The number of non-ortho nitro benzene ring substituents is 1. The largest absolute Gasteiger partial charge is 0.462 e. The summed E-state index contributed by atoms with van der Waals surface area (Å²) in [6.45, 7) is 5.00. The van der Waals surface area contributed by atoms with Crippen LogP contribution in [0.1, 0.15) is 43.5 Å². The molecular weight excluding hydrogens is 294 g/mol. The Hall–Kier alpha value is -2.17. The van der Waals surface area contributed by atoms with Gasteiger partial charge in [-0.25, -0.2) is 4.79 Å². The molecule has 0 unspecified atom stereocenters. The molecule has 1 aromatic rings. The van der Waals surface area contributed by atoms with Crippen LogP contribution in [0.25, 0.3) is 0 Å². The molecule has 0 heterocycles. The van der Waals surface area contributed by atoms with Gasteiger partial charge in [-0.3, -0.25) is 10.1 Å². The van der Waals surface area contributed by atoms with Crippen molar-refractivity contribution in [3.8, 4) is 0 Å². The fourth-order valence-corrected chi connectivity index (χ4v) is 3.82. The molecule has 0 N–H and O–H groups in total. The lowest BCUT2D eigenvalue weighted by Gasteiger charge is -2.56. The first kappa shape index (κ1) is 15.7. The summed E-state index contributed by atoms with van der Waals surface area (Å²) < 4.78 is 5.32. The van der Waals surface area contributed by atoms with E-state index in [1.54, 1.807) is 0 Å². The normalized spacial score (nSPS) is 24.3. The quantitative estimate of drug-likeness (QED) is 0.354. The summed E-state index contributed by atoms with van der Waals surface area (Å²) in [5, 5.41) is 10.6. The highest BCUT2D eigenvalue weighted by Crippen LogP contribution is 2.59. The zero-order valence-electron chi connectivity index (χ0n) is 13.5. The van der Waals surface area contributed by atoms with Gasteiger partial charge in [0.1, 0.15) is 0 Å². The number of benzene rings is 1. The molecule has 1 fully saturated rings. The van der Waals surface area contributed by atoms with Crippen LogP contribution in [-0.4, -0.2) is 17.5 Å². The first-order valence-electron chi connectivity index (χ1n) is 8.00. The molecule has 0 radical (unpaired) electrons. The number of nitro groups is 1. The van der Waals surface area contributed by atoms with Crippen molar-refractivity contribution in [3.63, 3.8) is 0 Å². The Balaban J connectivity index is 1.52. The standard InChI is InChI=1S/C18H21NO4/c1-18(2)14-6-3-12(16(18)11-14)9-10-23-17(20)13-4-7-15(8-5-13)19(21)22/h3-5,7-8,14,16H,6,9-11H2,1-2H3/t14-,16-/m0/s1. The fourth-order valence-electron chi connectivity index (χ4n) is 3.82. The van der Waals surface area contributed by atoms with Crippen LogP contribution in [0.5, 0.6) is 0 Å². The Morgan fingerprint density at radius 1 is 1.35 bits per heavy atom. The second-order valence-corrected chi connectivity index (χ2v) is 7.01. The van der Waals surface area contributed by atoms with Crippen LogP contribution in [0.3, 0.4) is 0 Å². The lowest BCUT2D eigenvalue weighted by molar-refractivity contribution is -0.384. The Bertz CT molecular complexity index is 660. The maximum atomic E-state index is 12.0. The lowest BCUT2D eigenvalue weighted by Crippen LogP contribution is -2.48. The molecule has 0 amide bonds. The molecule has 23 heavy (non-hydrogen) atoms. The van der Waals surface area contributed by atoms with Crippen LogP contribution in [-0.2, 0) is 4.74 Å². The third-order valence-corrected chi connectivity index (χ3v) is 5.52. The number of nitrogens with zero attached hydrogens (tertiary/aromatic N) is 1. The van der Waals surface area contributed by atoms with Gasteiger partial charge in [-0.1, -0.05) is 25.5 Å². The van der Waals surface area contributed by atoms with Crippen molar-refractivity contribution in [2.45, 2.75) is 33.1 Å². The number of ether oxygens (including phenoxy) is 1. The highest BCUT2D eigenvalue weighted by molar-refractivity contribution is 5.89. The molecule has 1 saturated carbocycles. The van der Waals surface area contributed by atoms with Gasteiger partial charge in [0, 0.05) is 18.6 Å². The van der Waals surface area contributed by atoms with E-state index >= 15 is 0 Å². The second-order valence-electron chi connectivity index (χ2n) is 7.01. The number of carbonyl (C=O) groups excluding carboxylic acids is 1. The number of hydrogen-bond acceptors (Lipinski definition) is 4. The number of nitro benzene ring substituents is 1. The maximum absolute atomic E-state index is 12.0. The molecule has 2 bridgehead atoms. The number of hydrogen-bond donors (Lipinski definition) is 0. The number of allylic oxidation sites excluding steroid dienone is 1. The third-order valence-electron chi connectivity index (χ3n) is 5.52. The zero-order chi connectivity index (χ0) is 16.6. The zero-order valence-corrected chi connectivity index (χ0v) is 13.5. The van der Waals surface area contributed by atoms with E-state index in [1.165, 1.54) is 36.3 Å². The lowest BCUT2D eigenvalue weighted by atomic mass is 9.48. The van der Waals surface area contributed by atoms with Crippen LogP contribution in [0.4, 0.5) is 5.69 Å². The Labute approximate surface area is 135 Å². The van der Waals surface area contributed by atoms with Gasteiger partial charge in [-0.15, -0.1) is 0 Å². The summed E-state index contributed by atoms with van der Waals surface area (Å²) in [6, 6.07) is 5.49. The average Bonchev–Trinajstić information content (AvgIpc) is 2.54. The summed E-state index contributed by atoms with van der Waals surface area (Å²) in [5.41, 5.74) is 2.11. The van der Waals surface area contributed by atoms with Crippen molar-refractivity contribution in [3.05, 3.63) is 51.6 Å². The van der Waals surface area contributed by atoms with Gasteiger partial charge < -0.3 is 4.74 Å². The van der Waals surface area contributed by atoms with Crippen molar-refractivity contribution in [2.24, 2.45) is 17.3 Å². The summed E-state index contributed by atoms with van der Waals surface area (Å²) in [4.78, 5) is 22.1. The van der Waals surface area contributed by atoms with Crippen molar-refractivity contribution in [1.82, 2.24) is 0 Å². The average molecular weight is 315 g/mol. The molecule has 4 rings (SSSR count). The van der Waals surface area contributed by atoms with Crippen LogP contribution in [0.2, 0.25) is 0 Å². The summed E-state index contributed by atoms with van der Waals surface area (Å²) >= 11 is 0. The molecule has 3 aliphatic rings. The molecule has 1 aromatic carbocycles. The predicted octanol–water partition coefficient (Wildman–Crippen LogP) is 4.13. The monoisotopic (exact) mass is 315 g/mol. The second kappa shape index (κ2) is 5.80. The van der Waals surface area contributed by atoms with E-state index in [4.69, 9.17) is 4.74 Å². The highest BCUT2D eigenvalue weighted by Gasteiger charge is 2.50. The number of rotatable bonds is 5. The molecule has 0 spiro atoms. The van der Waals surface area contributed by atoms with Gasteiger partial charge in [-0.05, 0) is 42.2 Å². The van der Waals surface area contributed by atoms with Gasteiger partial charge in [0.15, 0.2) is 0 Å². The minimum absolute atomic E-state index is 0.0318. The SMILES string of the molecule is CC1(C)[C@H]2CC=C(CCOC(=O)c3ccc([N+](=O)[O-])cc3)[C@@H]1C2. The first-order chi connectivity index (χ1) is 10.9. The predicted molar refractivity (Wildman–Crippen MR) is 86.1 cm³/mol. The van der Waals surface area contributed by atoms with Gasteiger partial charge >= 0.3 is 5.97 Å². The van der Waals surface area contributed by atoms with Gasteiger partial charge in [0.25, 0.3) is 5.69 Å². The van der Waals surface area contributed by atoms with Crippen LogP contribution < -0.4 is 0 Å². The highest BCUT2D eigenvalue weighted by atomic mass is 16.6. The van der Waals surface area contributed by atoms with Crippen LogP contribution in [0.15, 0.2) is 35.9 Å². The van der Waals surface area contributed by atoms with Crippen molar-refractivity contribution < 1.29 is 14.5 Å². The third kappa shape index (κ3) is 2.87. The topological polar surface area (TPSA) is 69.4 Å². The molecule has 122 valence electrons. The summed E-state index contributed by atoms with van der Waals surface area (Å²) in [7, 11) is 0. The van der Waals surface area contributed by atoms with Crippen molar-refractivity contribution in [1.29, 1.82) is 0 Å². The molecule has 2 atom stereocenters. The molecule has 0 saturated heterocycles. The number of esters is 1. The Morgan fingerprint density at radius 3 is 2.61 bits per heavy atom. The summed E-state index contributed by atoms with van der Waals surface area (Å²) in [6.07, 6.45) is 5.48. The van der Waals surface area contributed by atoms with Crippen LogP contribution >= 0.6 is 0 Å². The molecular formula is C18H21NO4. The Morgan fingerprint density at radius 2 is 2.04 bits per heavy atom. The van der Waals surface area contributed by atoms with E-state index in [0.717, 1.165) is 18.8 Å². The molecule has 0 aliphatic heterocycles. The summed E-state index contributed by atoms with van der Waals surface area (Å²) in [5.74, 6) is 1.00. The first-order valence-corrected chi connectivity index (χ1v) is 8.00. The maximum Gasteiger partial charge on any atom is 0.338 e. The van der Waals surface area contributed by atoms with E-state index in [9.17, 15) is 14.9 Å². The fraction of sp³-hybridized carbons (Fsp3) is 0.500. The molecule has 5 heteroatoms. The Kier molecular flexibility index (Phi) is 3.96. The van der Waals surface area contributed by atoms with E-state index in [2.05, 4.69) is 19.9 Å². The van der Waals surface area contributed by atoms with Crippen LogP contribution in [0, 0.1) is 27.4 Å². The minimum Gasteiger partial charge on any atom is -0.462 e. The van der Waals surface area contributed by atoms with E-state index in [-0.39, 0.29) is 5.69 Å². The number of carbonyl (C=O) groups is 1. The molecule has 3 aliphatic carbocycles. The van der Waals surface area contributed by atoms with Crippen molar-refractivity contribution >= 4 is 11.7 Å². The minimum atomic E-state index is -0.488. The van der Waals surface area contributed by atoms with E-state index in [1.807, 2.05) is 0 Å². The molecule has 5 nitrogen and oxygen atoms in total. The van der Waals surface area contributed by atoms with E-state index in [0.29, 0.717) is 23.5 Å². The molecule has 0 aromatic heterocycles. The van der Waals surface area contributed by atoms with Gasteiger partial charge in [0.2, 0.25) is 0 Å². The van der Waals surface area contributed by atoms with E-state index < -0.39 is 10.9 Å². The number of fused-ring (bicyclic) bond motifs is 1. The van der Waals surface area contributed by atoms with Crippen molar-refractivity contribution in [2.75, 3.05) is 6.61 Å². The van der Waals surface area contributed by atoms with Gasteiger partial charge in [0.05, 0.1) is 17.1 Å². The van der Waals surface area contributed by atoms with Gasteiger partial charge in [-0.2, -0.15) is 0 Å².